The Balaban J connectivity index is 1.52. The van der Waals surface area contributed by atoms with Crippen molar-refractivity contribution in [3.05, 3.63) is 176 Å². The minimum atomic E-state index is -6.05. The minimum absolute atomic E-state index is 0.253. The Kier molecular flexibility index (Phi) is 8.85. The molecule has 0 radical (unpaired) electrons. The number of halogens is 3. The molecule has 0 amide bonds. The molecule has 5 nitrogen and oxygen atoms in total. The van der Waals surface area contributed by atoms with Crippen molar-refractivity contribution in [3.63, 3.8) is 0 Å². The molecule has 262 valence electrons. The van der Waals surface area contributed by atoms with Gasteiger partial charge in [-0.2, -0.15) is 21.6 Å². The lowest BCUT2D eigenvalue weighted by Gasteiger charge is -2.27. The van der Waals surface area contributed by atoms with Crippen LogP contribution in [0.15, 0.2) is 176 Å². The lowest BCUT2D eigenvalue weighted by Crippen LogP contribution is -2.28. The lowest BCUT2D eigenvalue weighted by atomic mass is 9.99. The highest BCUT2D eigenvalue weighted by Gasteiger charge is 2.49. The fraction of sp³-hybridized carbons (Fsp3) is 0.0233. The minimum Gasteiger partial charge on any atom is -0.374 e. The van der Waals surface area contributed by atoms with Crippen molar-refractivity contribution in [3.8, 4) is 16.9 Å². The van der Waals surface area contributed by atoms with Gasteiger partial charge in [0.05, 0.1) is 16.1 Å². The summed E-state index contributed by atoms with van der Waals surface area (Å²) >= 11 is 1.19. The third-order valence-electron chi connectivity index (χ3n) is 8.77. The van der Waals surface area contributed by atoms with Crippen molar-refractivity contribution in [1.82, 2.24) is 0 Å². The highest BCUT2D eigenvalue weighted by Crippen LogP contribution is 2.52. The van der Waals surface area contributed by atoms with Crippen LogP contribution >= 0.6 is 11.3 Å². The molecule has 0 N–H and O–H groups in total. The van der Waals surface area contributed by atoms with Crippen molar-refractivity contribution in [1.29, 1.82) is 0 Å². The van der Waals surface area contributed by atoms with Crippen molar-refractivity contribution in [2.45, 2.75) is 5.51 Å². The zero-order valence-corrected chi connectivity index (χ0v) is 29.4. The Bertz CT molecular complexity index is 2560. The lowest BCUT2D eigenvalue weighted by molar-refractivity contribution is -0.0499. The SMILES string of the molecule is O=S(=O)(Oc1cc(N(c2ccccc2)c2ccccc2)cc2c1sc1c(-c3ccccc3)ccc(N(c3ccccc3)c3ccccc3)c12)C(F)(F)F. The monoisotopic (exact) mass is 742 g/mol. The van der Waals surface area contributed by atoms with E-state index in [2.05, 4.69) is 4.90 Å². The topological polar surface area (TPSA) is 49.9 Å². The van der Waals surface area contributed by atoms with E-state index in [1.165, 1.54) is 17.4 Å². The number of fused-ring (bicyclic) bond motifs is 3. The summed E-state index contributed by atoms with van der Waals surface area (Å²) in [5, 5.41) is 1.24. The van der Waals surface area contributed by atoms with Crippen LogP contribution in [0, 0.1) is 0 Å². The second-order valence-electron chi connectivity index (χ2n) is 12.1. The molecule has 0 fully saturated rings. The van der Waals surface area contributed by atoms with Gasteiger partial charge in [-0.25, -0.2) is 0 Å². The number of nitrogens with zero attached hydrogens (tertiary/aromatic N) is 2. The second kappa shape index (κ2) is 13.8. The smallest absolute Gasteiger partial charge is 0.374 e. The van der Waals surface area contributed by atoms with Crippen LogP contribution < -0.4 is 14.0 Å². The molecular formula is C43H29F3N2O3S2. The summed E-state index contributed by atoms with van der Waals surface area (Å²) in [5.41, 5.74) is 0.361. The summed E-state index contributed by atoms with van der Waals surface area (Å²) < 4.78 is 73.7. The molecule has 1 aromatic heterocycles. The van der Waals surface area contributed by atoms with Crippen LogP contribution in [0.25, 0.3) is 31.3 Å². The first-order valence-electron chi connectivity index (χ1n) is 16.6. The summed E-state index contributed by atoms with van der Waals surface area (Å²) in [6.07, 6.45) is 0. The molecule has 0 aliphatic carbocycles. The van der Waals surface area contributed by atoms with E-state index in [-0.39, 0.29) is 4.70 Å². The predicted octanol–water partition coefficient (Wildman–Crippen LogP) is 12.9. The maximum Gasteiger partial charge on any atom is 0.534 e. The molecule has 0 aliphatic heterocycles. The summed E-state index contributed by atoms with van der Waals surface area (Å²) in [7, 11) is -6.05. The standard InChI is InChI=1S/C43H29F3N2O3S2/c44-43(45,46)53(49,50)51-39-29-35(47(31-18-8-2-9-19-31)32-20-10-3-11-21-32)28-37-40-38(48(33-22-12-4-13-23-33)34-24-14-5-15-25-34)27-26-36(42(40)52-41(37)39)30-16-6-1-7-17-30/h1-29H. The Morgan fingerprint density at radius 2 is 0.962 bits per heavy atom. The Labute approximate surface area is 308 Å². The third-order valence-corrected chi connectivity index (χ3v) is 11.0. The summed E-state index contributed by atoms with van der Waals surface area (Å²) in [6, 6.07) is 55.2. The second-order valence-corrected chi connectivity index (χ2v) is 14.7. The highest BCUT2D eigenvalue weighted by molar-refractivity contribution is 7.88. The fourth-order valence-corrected chi connectivity index (χ4v) is 8.29. The van der Waals surface area contributed by atoms with Crippen molar-refractivity contribution in [2.24, 2.45) is 0 Å². The predicted molar refractivity (Wildman–Crippen MR) is 210 cm³/mol. The van der Waals surface area contributed by atoms with E-state index >= 15 is 0 Å². The third kappa shape index (κ3) is 6.47. The number of hydrogen-bond acceptors (Lipinski definition) is 6. The first kappa shape index (κ1) is 34.0. The molecule has 0 bridgehead atoms. The van der Waals surface area contributed by atoms with Crippen molar-refractivity contribution in [2.75, 3.05) is 9.80 Å². The van der Waals surface area contributed by atoms with E-state index in [9.17, 15) is 21.6 Å². The van der Waals surface area contributed by atoms with Gasteiger partial charge in [-0.15, -0.1) is 11.3 Å². The van der Waals surface area contributed by atoms with Crippen LogP contribution in [-0.2, 0) is 10.1 Å². The molecule has 0 atom stereocenters. The summed E-state index contributed by atoms with van der Waals surface area (Å²) in [4.78, 5) is 3.96. The molecule has 7 aromatic carbocycles. The number of alkyl halides is 3. The van der Waals surface area contributed by atoms with E-state index in [4.69, 9.17) is 4.18 Å². The van der Waals surface area contributed by atoms with Gasteiger partial charge >= 0.3 is 15.6 Å². The van der Waals surface area contributed by atoms with Crippen LogP contribution in [-0.4, -0.2) is 13.9 Å². The molecule has 0 aliphatic rings. The van der Waals surface area contributed by atoms with Gasteiger partial charge in [-0.05, 0) is 71.8 Å². The highest BCUT2D eigenvalue weighted by atomic mass is 32.2. The van der Waals surface area contributed by atoms with Gasteiger partial charge < -0.3 is 14.0 Å². The number of anilines is 6. The number of thiophene rings is 1. The summed E-state index contributed by atoms with van der Waals surface area (Å²) in [5.74, 6) is -0.427. The Morgan fingerprint density at radius 3 is 1.43 bits per heavy atom. The van der Waals surface area contributed by atoms with Crippen LogP contribution in [0.4, 0.5) is 47.3 Å². The molecule has 0 saturated heterocycles. The largest absolute Gasteiger partial charge is 0.534 e. The maximum absolute atomic E-state index is 14.0. The van der Waals surface area contributed by atoms with Gasteiger partial charge in [-0.3, -0.25) is 0 Å². The van der Waals surface area contributed by atoms with Gasteiger partial charge in [0.2, 0.25) is 0 Å². The van der Waals surface area contributed by atoms with Gasteiger partial charge in [0.15, 0.2) is 5.75 Å². The van der Waals surface area contributed by atoms with Gasteiger partial charge in [0.25, 0.3) is 0 Å². The van der Waals surface area contributed by atoms with Crippen LogP contribution in [0.3, 0.4) is 0 Å². The molecule has 0 unspecified atom stereocenters. The summed E-state index contributed by atoms with van der Waals surface area (Å²) in [6.45, 7) is 0. The zero-order valence-electron chi connectivity index (χ0n) is 27.8. The van der Waals surface area contributed by atoms with Crippen molar-refractivity contribution >= 4 is 75.8 Å². The first-order chi connectivity index (χ1) is 25.7. The number of para-hydroxylation sites is 4. The Morgan fingerprint density at radius 1 is 0.509 bits per heavy atom. The van der Waals surface area contributed by atoms with Gasteiger partial charge in [0, 0.05) is 44.3 Å². The van der Waals surface area contributed by atoms with Crippen LogP contribution in [0.1, 0.15) is 0 Å². The van der Waals surface area contributed by atoms with E-state index in [1.54, 1.807) is 0 Å². The first-order valence-corrected chi connectivity index (χ1v) is 18.8. The molecule has 10 heteroatoms. The quantitative estimate of drug-likeness (QED) is 0.109. The van der Waals surface area contributed by atoms with E-state index in [0.29, 0.717) is 22.4 Å². The fourth-order valence-electron chi connectivity index (χ4n) is 6.49. The number of rotatable bonds is 9. The van der Waals surface area contributed by atoms with Gasteiger partial charge in [0.1, 0.15) is 0 Å². The van der Waals surface area contributed by atoms with Crippen molar-refractivity contribution < 1.29 is 25.8 Å². The molecule has 1 heterocycles. The van der Waals surface area contributed by atoms with Crippen LogP contribution in [0.2, 0.25) is 0 Å². The average molecular weight is 743 g/mol. The number of benzene rings is 7. The Hall–Kier alpha value is -6.10. The maximum atomic E-state index is 14.0. The van der Waals surface area contributed by atoms with Crippen LogP contribution in [0.5, 0.6) is 5.75 Å². The normalized spacial score (nSPS) is 11.8. The molecule has 8 rings (SSSR count). The van der Waals surface area contributed by atoms with Gasteiger partial charge in [-0.1, -0.05) is 109 Å². The van der Waals surface area contributed by atoms with E-state index in [1.807, 2.05) is 175 Å². The average Bonchev–Trinajstić information content (AvgIpc) is 3.57. The van der Waals surface area contributed by atoms with E-state index in [0.717, 1.165) is 38.3 Å². The molecular weight excluding hydrogens is 714 g/mol. The number of hydrogen-bond donors (Lipinski definition) is 0. The molecule has 0 saturated carbocycles. The van der Waals surface area contributed by atoms with E-state index < -0.39 is 21.4 Å². The molecule has 0 spiro atoms. The molecule has 8 aromatic rings. The molecule has 53 heavy (non-hydrogen) atoms. The zero-order chi connectivity index (χ0) is 36.6.